The normalized spacial score (nSPS) is 23.4. The van der Waals surface area contributed by atoms with Crippen LogP contribution in [0.1, 0.15) is 18.4 Å². The molecule has 3 rings (SSSR count). The second kappa shape index (κ2) is 4.68. The molecule has 1 aromatic carbocycles. The van der Waals surface area contributed by atoms with Gasteiger partial charge in [-0.2, -0.15) is 4.98 Å². The predicted octanol–water partition coefficient (Wildman–Crippen LogP) is 1.79. The molecule has 0 amide bonds. The van der Waals surface area contributed by atoms with E-state index in [0.29, 0.717) is 29.7 Å². The van der Waals surface area contributed by atoms with Gasteiger partial charge in [0.05, 0.1) is 17.2 Å². The lowest BCUT2D eigenvalue weighted by molar-refractivity contribution is 0.191. The zero-order chi connectivity index (χ0) is 12.5. The van der Waals surface area contributed by atoms with Gasteiger partial charge in [-0.15, -0.1) is 0 Å². The van der Waals surface area contributed by atoms with Crippen molar-refractivity contribution in [1.29, 1.82) is 0 Å². The number of aromatic nitrogens is 2. The monoisotopic (exact) mass is 265 g/mol. The fourth-order valence-electron chi connectivity index (χ4n) is 2.03. The number of aliphatic hydroxyl groups excluding tert-OH is 1. The molecule has 0 aliphatic carbocycles. The lowest BCUT2D eigenvalue weighted by atomic mass is 10.2. The number of hydrogen-bond donors (Lipinski definition) is 2. The van der Waals surface area contributed by atoms with E-state index < -0.39 is 0 Å². The highest BCUT2D eigenvalue weighted by atomic mass is 35.5. The molecule has 1 aliphatic heterocycles. The van der Waals surface area contributed by atoms with Crippen LogP contribution in [0.3, 0.4) is 0 Å². The van der Waals surface area contributed by atoms with Crippen LogP contribution >= 0.6 is 11.6 Å². The highest BCUT2D eigenvalue weighted by molar-refractivity contribution is 6.33. The summed E-state index contributed by atoms with van der Waals surface area (Å²) in [6.07, 6.45) is 0.232. The van der Waals surface area contributed by atoms with Gasteiger partial charge in [-0.05, 0) is 18.6 Å². The van der Waals surface area contributed by atoms with Crippen LogP contribution < -0.4 is 5.32 Å². The Morgan fingerprint density at radius 2 is 2.22 bits per heavy atom. The molecule has 5 nitrogen and oxygen atoms in total. The smallest absolute Gasteiger partial charge is 0.244 e. The van der Waals surface area contributed by atoms with Crippen molar-refractivity contribution in [3.8, 4) is 11.4 Å². The minimum absolute atomic E-state index is 0.0799. The van der Waals surface area contributed by atoms with E-state index in [9.17, 15) is 5.11 Å². The molecule has 6 heteroatoms. The number of halogens is 1. The van der Waals surface area contributed by atoms with Gasteiger partial charge in [0, 0.05) is 12.1 Å². The van der Waals surface area contributed by atoms with Crippen LogP contribution in [0.4, 0.5) is 0 Å². The van der Waals surface area contributed by atoms with Crippen LogP contribution in [0, 0.1) is 0 Å². The SMILES string of the molecule is O[C@H]1CN[C@H](c2nc(-c3ccccc3Cl)no2)C1. The number of aliphatic hydroxyl groups is 1. The first-order valence-corrected chi connectivity index (χ1v) is 6.12. The maximum atomic E-state index is 9.46. The van der Waals surface area contributed by atoms with Gasteiger partial charge in [-0.3, -0.25) is 0 Å². The van der Waals surface area contributed by atoms with Crippen LogP contribution in [-0.4, -0.2) is 27.9 Å². The van der Waals surface area contributed by atoms with Gasteiger partial charge in [0.1, 0.15) is 0 Å². The van der Waals surface area contributed by atoms with Crippen molar-refractivity contribution >= 4 is 11.6 Å². The van der Waals surface area contributed by atoms with Crippen molar-refractivity contribution in [2.24, 2.45) is 0 Å². The maximum absolute atomic E-state index is 9.46. The Labute approximate surface area is 109 Å². The molecule has 1 fully saturated rings. The van der Waals surface area contributed by atoms with Crippen molar-refractivity contribution in [1.82, 2.24) is 15.5 Å². The molecule has 18 heavy (non-hydrogen) atoms. The summed E-state index contributed by atoms with van der Waals surface area (Å²) in [6, 6.07) is 7.26. The lowest BCUT2D eigenvalue weighted by Crippen LogP contribution is -2.15. The van der Waals surface area contributed by atoms with E-state index in [0.717, 1.165) is 5.56 Å². The summed E-state index contributed by atoms with van der Waals surface area (Å²) in [6.45, 7) is 0.550. The highest BCUT2D eigenvalue weighted by Crippen LogP contribution is 2.28. The van der Waals surface area contributed by atoms with E-state index in [2.05, 4.69) is 15.5 Å². The molecule has 1 aromatic heterocycles. The fraction of sp³-hybridized carbons (Fsp3) is 0.333. The van der Waals surface area contributed by atoms with Gasteiger partial charge in [0.15, 0.2) is 0 Å². The number of hydrogen-bond acceptors (Lipinski definition) is 5. The zero-order valence-corrected chi connectivity index (χ0v) is 10.3. The van der Waals surface area contributed by atoms with Crippen LogP contribution in [0.2, 0.25) is 5.02 Å². The Kier molecular flexibility index (Phi) is 3.03. The molecule has 2 heterocycles. The van der Waals surface area contributed by atoms with Crippen molar-refractivity contribution in [3.63, 3.8) is 0 Å². The van der Waals surface area contributed by atoms with Gasteiger partial charge in [-0.25, -0.2) is 0 Å². The first kappa shape index (κ1) is 11.6. The Balaban J connectivity index is 1.88. The van der Waals surface area contributed by atoms with E-state index in [1.54, 1.807) is 6.07 Å². The number of benzene rings is 1. The lowest BCUT2D eigenvalue weighted by Gasteiger charge is -2.01. The Morgan fingerprint density at radius 1 is 1.39 bits per heavy atom. The first-order valence-electron chi connectivity index (χ1n) is 5.74. The molecule has 1 aliphatic rings. The van der Waals surface area contributed by atoms with Gasteiger partial charge in [-0.1, -0.05) is 28.9 Å². The molecular weight excluding hydrogens is 254 g/mol. The molecule has 2 aromatic rings. The Bertz CT molecular complexity index is 558. The Hall–Kier alpha value is -1.43. The average Bonchev–Trinajstić information content (AvgIpc) is 2.98. The summed E-state index contributed by atoms with van der Waals surface area (Å²) in [5, 5.41) is 17.1. The third-order valence-corrected chi connectivity index (χ3v) is 3.29. The van der Waals surface area contributed by atoms with Gasteiger partial charge in [0.25, 0.3) is 0 Å². The molecule has 2 atom stereocenters. The second-order valence-electron chi connectivity index (χ2n) is 4.29. The summed E-state index contributed by atoms with van der Waals surface area (Å²) in [4.78, 5) is 4.32. The number of β-amino-alcohol motifs (C(OH)–C–C–N with tert-alkyl or cyclic N) is 1. The first-order chi connectivity index (χ1) is 8.74. The van der Waals surface area contributed by atoms with Crippen molar-refractivity contribution in [2.45, 2.75) is 18.6 Å². The maximum Gasteiger partial charge on any atom is 0.244 e. The van der Waals surface area contributed by atoms with Crippen LogP contribution in [0.15, 0.2) is 28.8 Å². The van der Waals surface area contributed by atoms with E-state index >= 15 is 0 Å². The van der Waals surface area contributed by atoms with E-state index in [1.807, 2.05) is 18.2 Å². The minimum Gasteiger partial charge on any atom is -0.392 e. The summed E-state index contributed by atoms with van der Waals surface area (Å²) >= 11 is 6.07. The standard InChI is InChI=1S/C12H12ClN3O2/c13-9-4-2-1-3-8(9)11-15-12(18-16-11)10-5-7(17)6-14-10/h1-4,7,10,14,17H,5-6H2/t7-,10+/m1/s1. The third kappa shape index (κ3) is 2.12. The molecule has 0 spiro atoms. The van der Waals surface area contributed by atoms with Crippen LogP contribution in [0.5, 0.6) is 0 Å². The minimum atomic E-state index is -0.356. The summed E-state index contributed by atoms with van der Waals surface area (Å²) in [5.74, 6) is 0.959. The second-order valence-corrected chi connectivity index (χ2v) is 4.69. The van der Waals surface area contributed by atoms with E-state index in [-0.39, 0.29) is 12.1 Å². The van der Waals surface area contributed by atoms with Gasteiger partial charge in [0.2, 0.25) is 11.7 Å². The predicted molar refractivity (Wildman–Crippen MR) is 66.1 cm³/mol. The van der Waals surface area contributed by atoms with Crippen molar-refractivity contribution in [2.75, 3.05) is 6.54 Å². The Morgan fingerprint density at radius 3 is 2.94 bits per heavy atom. The van der Waals surface area contributed by atoms with Crippen molar-refractivity contribution < 1.29 is 9.63 Å². The third-order valence-electron chi connectivity index (χ3n) is 2.96. The fourth-order valence-corrected chi connectivity index (χ4v) is 2.25. The molecule has 94 valence electrons. The summed E-state index contributed by atoms with van der Waals surface area (Å²) < 4.78 is 5.21. The van der Waals surface area contributed by atoms with E-state index in [1.165, 1.54) is 0 Å². The highest BCUT2D eigenvalue weighted by Gasteiger charge is 2.28. The van der Waals surface area contributed by atoms with Crippen LogP contribution in [0.25, 0.3) is 11.4 Å². The summed E-state index contributed by atoms with van der Waals surface area (Å²) in [7, 11) is 0. The van der Waals surface area contributed by atoms with Crippen molar-refractivity contribution in [3.05, 3.63) is 35.2 Å². The van der Waals surface area contributed by atoms with Crippen LogP contribution in [-0.2, 0) is 0 Å². The molecule has 0 unspecified atom stereocenters. The average molecular weight is 266 g/mol. The molecule has 2 N–H and O–H groups in total. The zero-order valence-electron chi connectivity index (χ0n) is 9.51. The van der Waals surface area contributed by atoms with E-state index in [4.69, 9.17) is 16.1 Å². The molecular formula is C12H12ClN3O2. The quantitative estimate of drug-likeness (QED) is 0.866. The number of nitrogens with zero attached hydrogens (tertiary/aromatic N) is 2. The summed E-state index contributed by atoms with van der Waals surface area (Å²) in [5.41, 5.74) is 0.743. The number of rotatable bonds is 2. The molecule has 0 saturated carbocycles. The van der Waals surface area contributed by atoms with Gasteiger partial charge < -0.3 is 14.9 Å². The number of nitrogens with one attached hydrogen (secondary N) is 1. The van der Waals surface area contributed by atoms with Gasteiger partial charge >= 0.3 is 0 Å². The molecule has 0 bridgehead atoms. The molecule has 0 radical (unpaired) electrons. The largest absolute Gasteiger partial charge is 0.392 e. The topological polar surface area (TPSA) is 71.2 Å². The molecule has 1 saturated heterocycles.